The van der Waals surface area contributed by atoms with E-state index in [1.165, 1.54) is 11.3 Å². The van der Waals surface area contributed by atoms with Gasteiger partial charge in [0.05, 0.1) is 4.88 Å². The summed E-state index contributed by atoms with van der Waals surface area (Å²) >= 11 is 4.51. The fourth-order valence-electron chi connectivity index (χ4n) is 1.09. The molecule has 98 valence electrons. The van der Waals surface area contributed by atoms with Crippen molar-refractivity contribution in [1.29, 1.82) is 0 Å². The SMILES string of the molecule is CC(N)(c1nc(-c2cc(Br)cs2)no1)C(F)(F)F. The smallest absolute Gasteiger partial charge is 0.337 e. The van der Waals surface area contributed by atoms with Gasteiger partial charge in [-0.1, -0.05) is 5.16 Å². The molecule has 2 N–H and O–H groups in total. The molecule has 2 aromatic rings. The normalized spacial score (nSPS) is 15.7. The predicted molar refractivity (Wildman–Crippen MR) is 62.9 cm³/mol. The van der Waals surface area contributed by atoms with Gasteiger partial charge in [0.15, 0.2) is 5.54 Å². The van der Waals surface area contributed by atoms with Crippen LogP contribution in [0.5, 0.6) is 0 Å². The van der Waals surface area contributed by atoms with Crippen molar-refractivity contribution in [3.63, 3.8) is 0 Å². The van der Waals surface area contributed by atoms with E-state index in [-0.39, 0.29) is 5.82 Å². The lowest BCUT2D eigenvalue weighted by Crippen LogP contribution is -2.47. The van der Waals surface area contributed by atoms with Crippen LogP contribution in [0.4, 0.5) is 13.2 Å². The van der Waals surface area contributed by atoms with Gasteiger partial charge in [0.1, 0.15) is 0 Å². The van der Waals surface area contributed by atoms with Crippen molar-refractivity contribution < 1.29 is 17.7 Å². The molecule has 0 aromatic carbocycles. The Morgan fingerprint density at radius 1 is 1.44 bits per heavy atom. The summed E-state index contributed by atoms with van der Waals surface area (Å²) in [6.45, 7) is 0.786. The highest BCUT2D eigenvalue weighted by molar-refractivity contribution is 9.10. The van der Waals surface area contributed by atoms with Gasteiger partial charge in [0.2, 0.25) is 5.82 Å². The van der Waals surface area contributed by atoms with Crippen LogP contribution in [0.15, 0.2) is 20.4 Å². The zero-order valence-electron chi connectivity index (χ0n) is 8.95. The van der Waals surface area contributed by atoms with E-state index in [0.29, 0.717) is 4.88 Å². The summed E-state index contributed by atoms with van der Waals surface area (Å²) in [5.74, 6) is -0.573. The van der Waals surface area contributed by atoms with Crippen LogP contribution in [-0.2, 0) is 5.54 Å². The molecular weight excluding hydrogens is 335 g/mol. The van der Waals surface area contributed by atoms with Crippen LogP contribution in [0.1, 0.15) is 12.8 Å². The molecule has 4 nitrogen and oxygen atoms in total. The second kappa shape index (κ2) is 4.32. The Morgan fingerprint density at radius 2 is 2.11 bits per heavy atom. The Hall–Kier alpha value is -0.930. The number of nitrogens with two attached hydrogens (primary N) is 1. The molecule has 1 unspecified atom stereocenters. The maximum Gasteiger partial charge on any atom is 0.415 e. The molecule has 0 aliphatic rings. The number of thiophene rings is 1. The van der Waals surface area contributed by atoms with Crippen molar-refractivity contribution in [1.82, 2.24) is 10.1 Å². The summed E-state index contributed by atoms with van der Waals surface area (Å²) in [7, 11) is 0. The second-order valence-corrected chi connectivity index (χ2v) is 5.58. The first kappa shape index (κ1) is 13.5. The quantitative estimate of drug-likeness (QED) is 0.910. The summed E-state index contributed by atoms with van der Waals surface area (Å²) in [5.41, 5.74) is 2.52. The Bertz CT molecular complexity index is 563. The first-order chi connectivity index (χ1) is 8.22. The number of nitrogens with zero attached hydrogens (tertiary/aromatic N) is 2. The standard InChI is InChI=1S/C9H7BrF3N3OS/c1-8(14,9(11,12)13)7-15-6(16-17-7)5-2-4(10)3-18-5/h2-3H,14H2,1H3. The number of aromatic nitrogens is 2. The minimum Gasteiger partial charge on any atom is -0.337 e. The molecule has 0 fully saturated rings. The molecule has 2 heterocycles. The highest BCUT2D eigenvalue weighted by Crippen LogP contribution is 2.36. The largest absolute Gasteiger partial charge is 0.415 e. The minimum atomic E-state index is -4.66. The zero-order valence-corrected chi connectivity index (χ0v) is 11.4. The topological polar surface area (TPSA) is 64.9 Å². The molecule has 0 bridgehead atoms. The van der Waals surface area contributed by atoms with Gasteiger partial charge in [-0.2, -0.15) is 18.2 Å². The van der Waals surface area contributed by atoms with E-state index in [1.54, 1.807) is 11.4 Å². The van der Waals surface area contributed by atoms with Gasteiger partial charge in [-0.25, -0.2) is 0 Å². The number of alkyl halides is 3. The molecule has 2 aromatic heterocycles. The lowest BCUT2D eigenvalue weighted by molar-refractivity contribution is -0.190. The van der Waals surface area contributed by atoms with Gasteiger partial charge in [-0.3, -0.25) is 0 Å². The van der Waals surface area contributed by atoms with Crippen LogP contribution in [0.3, 0.4) is 0 Å². The van der Waals surface area contributed by atoms with E-state index in [4.69, 9.17) is 5.73 Å². The lowest BCUT2D eigenvalue weighted by Gasteiger charge is -2.22. The van der Waals surface area contributed by atoms with E-state index in [2.05, 4.69) is 30.6 Å². The van der Waals surface area contributed by atoms with E-state index >= 15 is 0 Å². The zero-order chi connectivity index (χ0) is 13.6. The van der Waals surface area contributed by atoms with Crippen LogP contribution in [0.2, 0.25) is 0 Å². The Morgan fingerprint density at radius 3 is 2.61 bits per heavy atom. The summed E-state index contributed by atoms with van der Waals surface area (Å²) in [6, 6.07) is 1.68. The Kier molecular flexibility index (Phi) is 3.24. The fourth-order valence-corrected chi connectivity index (χ4v) is 2.44. The van der Waals surface area contributed by atoms with Crippen LogP contribution < -0.4 is 5.73 Å². The van der Waals surface area contributed by atoms with Gasteiger partial charge in [0, 0.05) is 9.85 Å². The predicted octanol–water partition coefficient (Wildman–Crippen LogP) is 3.30. The molecule has 1 atom stereocenters. The maximum absolute atomic E-state index is 12.7. The van der Waals surface area contributed by atoms with Crippen LogP contribution in [-0.4, -0.2) is 16.3 Å². The number of hydrogen-bond donors (Lipinski definition) is 1. The van der Waals surface area contributed by atoms with Crippen LogP contribution in [0, 0.1) is 0 Å². The summed E-state index contributed by atoms with van der Waals surface area (Å²) < 4.78 is 43.4. The van der Waals surface area contributed by atoms with Crippen molar-refractivity contribution in [2.75, 3.05) is 0 Å². The first-order valence-corrected chi connectivity index (χ1v) is 6.33. The number of rotatable bonds is 2. The van der Waals surface area contributed by atoms with Crippen molar-refractivity contribution in [3.8, 4) is 10.7 Å². The maximum atomic E-state index is 12.7. The number of hydrogen-bond acceptors (Lipinski definition) is 5. The van der Waals surface area contributed by atoms with Crippen molar-refractivity contribution in [2.24, 2.45) is 5.73 Å². The van der Waals surface area contributed by atoms with E-state index in [0.717, 1.165) is 11.4 Å². The van der Waals surface area contributed by atoms with E-state index in [1.807, 2.05) is 0 Å². The molecule has 0 amide bonds. The second-order valence-electron chi connectivity index (χ2n) is 3.75. The third-order valence-electron chi connectivity index (χ3n) is 2.25. The Balaban J connectivity index is 2.37. The molecule has 0 aliphatic heterocycles. The highest BCUT2D eigenvalue weighted by Gasteiger charge is 2.53. The molecule has 9 heteroatoms. The molecule has 2 rings (SSSR count). The Labute approximate surface area is 112 Å². The lowest BCUT2D eigenvalue weighted by atomic mass is 10.0. The van der Waals surface area contributed by atoms with Gasteiger partial charge >= 0.3 is 6.18 Å². The van der Waals surface area contributed by atoms with Crippen molar-refractivity contribution in [3.05, 3.63) is 21.8 Å². The third-order valence-corrected chi connectivity index (χ3v) is 3.93. The van der Waals surface area contributed by atoms with Crippen LogP contribution >= 0.6 is 27.3 Å². The number of halogens is 4. The molecule has 0 radical (unpaired) electrons. The summed E-state index contributed by atoms with van der Waals surface area (Å²) in [6.07, 6.45) is -4.66. The molecule has 0 spiro atoms. The summed E-state index contributed by atoms with van der Waals surface area (Å²) in [5, 5.41) is 5.26. The fraction of sp³-hybridized carbons (Fsp3) is 0.333. The van der Waals surface area contributed by atoms with E-state index < -0.39 is 17.6 Å². The van der Waals surface area contributed by atoms with Crippen LogP contribution in [0.25, 0.3) is 10.7 Å². The molecule has 0 saturated heterocycles. The average molecular weight is 342 g/mol. The molecule has 18 heavy (non-hydrogen) atoms. The monoisotopic (exact) mass is 341 g/mol. The molecular formula is C9H7BrF3N3OS. The van der Waals surface area contributed by atoms with Gasteiger partial charge in [-0.05, 0) is 28.9 Å². The molecule has 0 saturated carbocycles. The highest BCUT2D eigenvalue weighted by atomic mass is 79.9. The molecule has 0 aliphatic carbocycles. The summed E-state index contributed by atoms with van der Waals surface area (Å²) in [4.78, 5) is 4.29. The van der Waals surface area contributed by atoms with Gasteiger partial charge in [-0.15, -0.1) is 11.3 Å². The minimum absolute atomic E-state index is 0.0848. The third kappa shape index (κ3) is 2.29. The first-order valence-electron chi connectivity index (χ1n) is 4.66. The average Bonchev–Trinajstić information content (AvgIpc) is 2.83. The van der Waals surface area contributed by atoms with E-state index in [9.17, 15) is 13.2 Å². The van der Waals surface area contributed by atoms with Gasteiger partial charge < -0.3 is 10.3 Å². The van der Waals surface area contributed by atoms with Crippen molar-refractivity contribution >= 4 is 27.3 Å². The van der Waals surface area contributed by atoms with Gasteiger partial charge in [0.25, 0.3) is 5.89 Å². The van der Waals surface area contributed by atoms with Crippen molar-refractivity contribution in [2.45, 2.75) is 18.6 Å².